The third-order valence-corrected chi connectivity index (χ3v) is 2.29. The van der Waals surface area contributed by atoms with E-state index in [-0.39, 0.29) is 0 Å². The van der Waals surface area contributed by atoms with Crippen molar-refractivity contribution < 1.29 is 10.0 Å². The lowest BCUT2D eigenvalue weighted by molar-refractivity contribution is 0.425. The molecule has 0 aliphatic carbocycles. The van der Waals surface area contributed by atoms with E-state index in [1.165, 1.54) is 6.07 Å². The van der Waals surface area contributed by atoms with Gasteiger partial charge >= 0.3 is 7.12 Å². The van der Waals surface area contributed by atoms with Crippen LogP contribution in [0.1, 0.15) is 0 Å². The molecule has 0 aliphatic heterocycles. The topological polar surface area (TPSA) is 58.3 Å². The van der Waals surface area contributed by atoms with Crippen LogP contribution in [0.2, 0.25) is 5.02 Å². The summed E-state index contributed by atoms with van der Waals surface area (Å²) in [4.78, 5) is 3.89. The minimum absolute atomic E-state index is 0.348. The Kier molecular flexibility index (Phi) is 2.77. The first-order chi connectivity index (χ1) is 7.18. The maximum Gasteiger partial charge on any atom is 0.490 e. The van der Waals surface area contributed by atoms with Gasteiger partial charge in [0.25, 0.3) is 0 Å². The fourth-order valence-electron chi connectivity index (χ4n) is 1.37. The van der Waals surface area contributed by atoms with E-state index in [0.29, 0.717) is 16.2 Å². The maximum atomic E-state index is 9.19. The Morgan fingerprint density at radius 3 is 2.73 bits per heavy atom. The molecule has 0 aliphatic rings. The molecule has 2 N–H and O–H groups in total. The first kappa shape index (κ1) is 10.2. The fourth-order valence-corrected chi connectivity index (χ4v) is 1.55. The van der Waals surface area contributed by atoms with Crippen LogP contribution in [0.4, 0.5) is 0 Å². The van der Waals surface area contributed by atoms with Gasteiger partial charge in [0, 0.05) is 28.6 Å². The van der Waals surface area contributed by atoms with Gasteiger partial charge in [-0.25, -0.2) is 4.98 Å². The minimum atomic E-state index is -1.55. The molecule has 0 amide bonds. The Bertz CT molecular complexity index is 459. The molecule has 0 fully saturated rings. The second-order valence-electron chi connectivity index (χ2n) is 3.05. The molecule has 15 heavy (non-hydrogen) atoms. The number of hydrogen-bond acceptors (Lipinski definition) is 3. The molecule has 6 heteroatoms. The van der Waals surface area contributed by atoms with Crippen LogP contribution in [0.15, 0.2) is 36.9 Å². The monoisotopic (exact) mass is 222 g/mol. The van der Waals surface area contributed by atoms with Crippen LogP contribution in [-0.2, 0) is 0 Å². The number of imidazole rings is 1. The predicted octanol–water partition coefficient (Wildman–Crippen LogP) is 0.205. The molecule has 2 rings (SSSR count). The maximum absolute atomic E-state index is 9.19. The van der Waals surface area contributed by atoms with Crippen molar-refractivity contribution in [2.75, 3.05) is 0 Å². The van der Waals surface area contributed by atoms with Gasteiger partial charge in [0.05, 0.1) is 6.33 Å². The second kappa shape index (κ2) is 4.06. The molecular formula is C9H8BClN2O2. The van der Waals surface area contributed by atoms with Crippen molar-refractivity contribution in [2.45, 2.75) is 0 Å². The summed E-state index contributed by atoms with van der Waals surface area (Å²) in [5, 5.41) is 18.8. The first-order valence-corrected chi connectivity index (χ1v) is 4.70. The van der Waals surface area contributed by atoms with Gasteiger partial charge in [0.2, 0.25) is 0 Å². The molecule has 1 aromatic heterocycles. The normalized spacial score (nSPS) is 10.3. The average molecular weight is 222 g/mol. The summed E-state index contributed by atoms with van der Waals surface area (Å²) in [6.07, 6.45) is 4.91. The van der Waals surface area contributed by atoms with Crippen LogP contribution >= 0.6 is 11.6 Å². The summed E-state index contributed by atoms with van der Waals surface area (Å²) in [6.45, 7) is 0. The summed E-state index contributed by atoms with van der Waals surface area (Å²) < 4.78 is 1.69. The molecule has 4 nitrogen and oxygen atoms in total. The predicted molar refractivity (Wildman–Crippen MR) is 58.4 cm³/mol. The van der Waals surface area contributed by atoms with Crippen molar-refractivity contribution in [3.8, 4) is 5.69 Å². The molecule has 1 aromatic carbocycles. The second-order valence-corrected chi connectivity index (χ2v) is 3.48. The Balaban J connectivity index is 2.56. The standard InChI is InChI=1S/C9H8BClN2O2/c11-7-1-2-9(8(5-7)10(14)15)13-4-3-12-6-13/h1-6,14-15H. The van der Waals surface area contributed by atoms with E-state index in [1.807, 2.05) is 0 Å². The average Bonchev–Trinajstić information content (AvgIpc) is 2.70. The van der Waals surface area contributed by atoms with Crippen molar-refractivity contribution in [1.82, 2.24) is 9.55 Å². The van der Waals surface area contributed by atoms with E-state index in [0.717, 1.165) is 0 Å². The zero-order chi connectivity index (χ0) is 10.8. The highest BCUT2D eigenvalue weighted by Gasteiger charge is 2.17. The molecule has 0 saturated heterocycles. The van der Waals surface area contributed by atoms with Crippen molar-refractivity contribution in [3.05, 3.63) is 41.9 Å². The number of aromatic nitrogens is 2. The van der Waals surface area contributed by atoms with E-state index in [1.54, 1.807) is 35.4 Å². The molecule has 76 valence electrons. The van der Waals surface area contributed by atoms with Gasteiger partial charge in [-0.1, -0.05) is 11.6 Å². The molecule has 0 spiro atoms. The van der Waals surface area contributed by atoms with Gasteiger partial charge in [0.15, 0.2) is 0 Å². The van der Waals surface area contributed by atoms with Gasteiger partial charge in [-0.05, 0) is 18.2 Å². The SMILES string of the molecule is OB(O)c1cc(Cl)ccc1-n1ccnc1. The zero-order valence-electron chi connectivity index (χ0n) is 7.71. The highest BCUT2D eigenvalue weighted by atomic mass is 35.5. The molecule has 0 atom stereocenters. The van der Waals surface area contributed by atoms with Gasteiger partial charge in [0.1, 0.15) is 0 Å². The number of nitrogens with zero attached hydrogens (tertiary/aromatic N) is 2. The number of rotatable bonds is 2. The molecule has 0 unspecified atom stereocenters. The lowest BCUT2D eigenvalue weighted by atomic mass is 9.79. The zero-order valence-corrected chi connectivity index (χ0v) is 8.46. The molecular weight excluding hydrogens is 214 g/mol. The number of benzene rings is 1. The van der Waals surface area contributed by atoms with Crippen molar-refractivity contribution in [1.29, 1.82) is 0 Å². The molecule has 0 radical (unpaired) electrons. The summed E-state index contributed by atoms with van der Waals surface area (Å²) in [5.41, 5.74) is 0.993. The molecule has 0 saturated carbocycles. The molecule has 0 bridgehead atoms. The van der Waals surface area contributed by atoms with E-state index in [2.05, 4.69) is 4.98 Å². The third-order valence-electron chi connectivity index (χ3n) is 2.05. The summed E-state index contributed by atoms with van der Waals surface area (Å²) in [7, 11) is -1.55. The summed E-state index contributed by atoms with van der Waals surface area (Å²) in [5.74, 6) is 0. The van der Waals surface area contributed by atoms with Crippen LogP contribution in [0.5, 0.6) is 0 Å². The van der Waals surface area contributed by atoms with E-state index in [4.69, 9.17) is 11.6 Å². The number of hydrogen-bond donors (Lipinski definition) is 2. The minimum Gasteiger partial charge on any atom is -0.423 e. The Morgan fingerprint density at radius 1 is 1.33 bits per heavy atom. The molecule has 1 heterocycles. The quantitative estimate of drug-likeness (QED) is 0.714. The molecule has 2 aromatic rings. The smallest absolute Gasteiger partial charge is 0.423 e. The highest BCUT2D eigenvalue weighted by molar-refractivity contribution is 6.60. The van der Waals surface area contributed by atoms with Gasteiger partial charge < -0.3 is 14.6 Å². The van der Waals surface area contributed by atoms with Crippen molar-refractivity contribution in [3.63, 3.8) is 0 Å². The van der Waals surface area contributed by atoms with Crippen LogP contribution in [0.3, 0.4) is 0 Å². The Hall–Kier alpha value is -1.30. The summed E-state index contributed by atoms with van der Waals surface area (Å²) >= 11 is 5.78. The van der Waals surface area contributed by atoms with E-state index < -0.39 is 7.12 Å². The van der Waals surface area contributed by atoms with Gasteiger partial charge in [-0.3, -0.25) is 0 Å². The van der Waals surface area contributed by atoms with Crippen molar-refractivity contribution in [2.24, 2.45) is 0 Å². The highest BCUT2D eigenvalue weighted by Crippen LogP contribution is 2.11. The van der Waals surface area contributed by atoms with E-state index >= 15 is 0 Å². The largest absolute Gasteiger partial charge is 0.490 e. The number of halogens is 1. The van der Waals surface area contributed by atoms with Gasteiger partial charge in [-0.2, -0.15) is 0 Å². The van der Waals surface area contributed by atoms with Crippen molar-refractivity contribution >= 4 is 24.2 Å². The third kappa shape index (κ3) is 2.04. The Labute approximate surface area is 91.9 Å². The van der Waals surface area contributed by atoms with Crippen LogP contribution in [0.25, 0.3) is 5.69 Å². The van der Waals surface area contributed by atoms with Crippen LogP contribution in [0, 0.1) is 0 Å². The first-order valence-electron chi connectivity index (χ1n) is 4.32. The Morgan fingerprint density at radius 2 is 2.13 bits per heavy atom. The van der Waals surface area contributed by atoms with E-state index in [9.17, 15) is 10.0 Å². The lowest BCUT2D eigenvalue weighted by Crippen LogP contribution is -2.33. The summed E-state index contributed by atoms with van der Waals surface area (Å²) in [6, 6.07) is 4.91. The van der Waals surface area contributed by atoms with Gasteiger partial charge in [-0.15, -0.1) is 0 Å². The van der Waals surface area contributed by atoms with Crippen LogP contribution in [-0.4, -0.2) is 26.7 Å². The lowest BCUT2D eigenvalue weighted by Gasteiger charge is -2.09. The fraction of sp³-hybridized carbons (Fsp3) is 0. The van der Waals surface area contributed by atoms with Crippen LogP contribution < -0.4 is 5.46 Å².